The van der Waals surface area contributed by atoms with Gasteiger partial charge in [-0.05, 0) is 59.6 Å². The number of benzene rings is 1. The number of hydrogen-bond acceptors (Lipinski definition) is 5. The van der Waals surface area contributed by atoms with Gasteiger partial charge in [0, 0.05) is 28.7 Å². The number of nitrogens with zero attached hydrogens (tertiary/aromatic N) is 2. The van der Waals surface area contributed by atoms with Gasteiger partial charge in [0.05, 0.1) is 22.2 Å². The molecule has 6 nitrogen and oxygen atoms in total. The van der Waals surface area contributed by atoms with Crippen LogP contribution in [0.25, 0.3) is 0 Å². The summed E-state index contributed by atoms with van der Waals surface area (Å²) in [6.07, 6.45) is 0. The van der Waals surface area contributed by atoms with E-state index >= 15 is 0 Å². The van der Waals surface area contributed by atoms with Crippen molar-refractivity contribution in [1.29, 1.82) is 0 Å². The van der Waals surface area contributed by atoms with Gasteiger partial charge in [-0.2, -0.15) is 10.4 Å². The molecule has 0 aliphatic heterocycles. The minimum absolute atomic E-state index is 0.0236. The Morgan fingerprint density at radius 3 is 1.72 bits per heavy atom. The Morgan fingerprint density at radius 1 is 0.920 bits per heavy atom. The Labute approximate surface area is 174 Å². The molecule has 0 spiro atoms. The fourth-order valence-electron chi connectivity index (χ4n) is 1.93. The number of aliphatic hydroxyl groups excluding tert-OH is 2. The number of halogens is 3. The zero-order valence-electron chi connectivity index (χ0n) is 14.5. The Kier molecular flexibility index (Phi) is 14.2. The molecule has 144 valence electrons. The zero-order valence-corrected chi connectivity index (χ0v) is 19.2. The van der Waals surface area contributed by atoms with Gasteiger partial charge < -0.3 is 10.2 Å². The SMILES string of the molecule is C=C.C=C.CN(CCO)Cc1c(Br)c(CO)c(Br)c([N+](C)(O)O)c1Br. The molecular weight excluding hydrogens is 524 g/mol. The van der Waals surface area contributed by atoms with Crippen molar-refractivity contribution >= 4 is 53.5 Å². The topological polar surface area (TPSA) is 84.2 Å². The monoisotopic (exact) mass is 547 g/mol. The van der Waals surface area contributed by atoms with Crippen molar-refractivity contribution in [1.82, 2.24) is 9.71 Å². The predicted molar refractivity (Wildman–Crippen MR) is 113 cm³/mol. The summed E-state index contributed by atoms with van der Waals surface area (Å²) in [5.41, 5.74) is 1.46. The standard InChI is InChI=1S/C12H18Br3N2O4.2C2H4/c1-16(3-4-18)5-7-9(13)8(6-19)11(15)12(10(7)14)17(2,20)21;2*1-2/h18-21H,3-6H2,1-2H3;2*1-2H2/q+1;;. The lowest BCUT2D eigenvalue weighted by atomic mass is 10.1. The number of aliphatic hydroxyl groups is 2. The van der Waals surface area contributed by atoms with Crippen molar-refractivity contribution in [2.45, 2.75) is 13.2 Å². The summed E-state index contributed by atoms with van der Waals surface area (Å²) in [5, 5.41) is 38.3. The third-order valence-electron chi connectivity index (χ3n) is 2.97. The molecule has 1 rings (SSSR count). The molecule has 25 heavy (non-hydrogen) atoms. The summed E-state index contributed by atoms with van der Waals surface area (Å²) in [6, 6.07) is 0. The maximum absolute atomic E-state index is 9.91. The van der Waals surface area contributed by atoms with Crippen LogP contribution in [-0.4, -0.2) is 52.8 Å². The van der Waals surface area contributed by atoms with Crippen LogP contribution in [-0.2, 0) is 13.2 Å². The fraction of sp³-hybridized carbons (Fsp3) is 0.375. The third-order valence-corrected chi connectivity index (χ3v) is 5.63. The molecule has 0 unspecified atom stereocenters. The highest BCUT2D eigenvalue weighted by molar-refractivity contribution is 9.11. The minimum atomic E-state index is -1.38. The number of rotatable bonds is 6. The lowest BCUT2D eigenvalue weighted by Crippen LogP contribution is -2.38. The Bertz CT molecular complexity index is 549. The molecule has 0 bridgehead atoms. The summed E-state index contributed by atoms with van der Waals surface area (Å²) in [5.74, 6) is 0. The zero-order chi connectivity index (χ0) is 20.4. The number of likely N-dealkylation sites (N-methyl/N-ethyl adjacent to an activating group) is 1. The van der Waals surface area contributed by atoms with Crippen molar-refractivity contribution in [3.63, 3.8) is 0 Å². The maximum atomic E-state index is 9.91. The van der Waals surface area contributed by atoms with E-state index in [1.807, 2.05) is 11.9 Å². The third kappa shape index (κ3) is 7.58. The molecule has 4 N–H and O–H groups in total. The van der Waals surface area contributed by atoms with E-state index in [1.165, 1.54) is 7.05 Å². The largest absolute Gasteiger partial charge is 0.395 e. The van der Waals surface area contributed by atoms with Crippen LogP contribution < -0.4 is 4.81 Å². The average molecular weight is 550 g/mol. The van der Waals surface area contributed by atoms with Crippen molar-refractivity contribution in [2.24, 2.45) is 0 Å². The molecule has 0 aromatic heterocycles. The summed E-state index contributed by atoms with van der Waals surface area (Å²) in [7, 11) is 3.03. The smallest absolute Gasteiger partial charge is 0.228 e. The van der Waals surface area contributed by atoms with Crippen LogP contribution in [0.15, 0.2) is 39.7 Å². The molecule has 0 amide bonds. The number of hydrogen-bond donors (Lipinski definition) is 4. The molecule has 9 heteroatoms. The fourth-order valence-corrected chi connectivity index (χ4v) is 5.09. The van der Waals surface area contributed by atoms with Gasteiger partial charge in [-0.1, -0.05) is 0 Å². The quantitative estimate of drug-likeness (QED) is 0.243. The summed E-state index contributed by atoms with van der Waals surface area (Å²) in [4.78, 5) is 0.501. The first-order valence-electron chi connectivity index (χ1n) is 7.06. The lowest BCUT2D eigenvalue weighted by molar-refractivity contribution is -0.273. The Morgan fingerprint density at radius 2 is 1.36 bits per heavy atom. The van der Waals surface area contributed by atoms with Gasteiger partial charge in [-0.15, -0.1) is 26.3 Å². The van der Waals surface area contributed by atoms with Crippen LogP contribution in [0.2, 0.25) is 0 Å². The second kappa shape index (κ2) is 13.1. The Balaban J connectivity index is 0. The van der Waals surface area contributed by atoms with Crippen LogP contribution in [0.3, 0.4) is 0 Å². The van der Waals surface area contributed by atoms with Crippen molar-refractivity contribution in [3.05, 3.63) is 50.9 Å². The van der Waals surface area contributed by atoms with Gasteiger partial charge in [0.15, 0.2) is 0 Å². The maximum Gasteiger partial charge on any atom is 0.228 e. The second-order valence-electron chi connectivity index (χ2n) is 4.78. The van der Waals surface area contributed by atoms with E-state index in [4.69, 9.17) is 5.11 Å². The molecule has 1 aromatic rings. The van der Waals surface area contributed by atoms with Crippen LogP contribution in [0.5, 0.6) is 0 Å². The van der Waals surface area contributed by atoms with E-state index in [0.29, 0.717) is 32.1 Å². The first kappa shape index (κ1) is 27.1. The average Bonchev–Trinajstić information content (AvgIpc) is 2.55. The second-order valence-corrected chi connectivity index (χ2v) is 7.16. The van der Waals surface area contributed by atoms with Gasteiger partial charge in [-0.25, -0.2) is 0 Å². The van der Waals surface area contributed by atoms with Crippen LogP contribution in [0, 0.1) is 0 Å². The Hall–Kier alpha value is -0.100. The first-order chi connectivity index (χ1) is 11.6. The normalized spacial score (nSPS) is 10.6. The van der Waals surface area contributed by atoms with Crippen LogP contribution >= 0.6 is 47.8 Å². The van der Waals surface area contributed by atoms with Crippen molar-refractivity contribution in [3.8, 4) is 0 Å². The highest BCUT2D eigenvalue weighted by Gasteiger charge is 2.33. The molecule has 0 fully saturated rings. The summed E-state index contributed by atoms with van der Waals surface area (Å²) >= 11 is 10.1. The molecule has 0 saturated carbocycles. The number of hydroxylamine groups is 2. The molecule has 0 heterocycles. The van der Waals surface area contributed by atoms with E-state index in [-0.39, 0.29) is 18.9 Å². The van der Waals surface area contributed by atoms with Crippen molar-refractivity contribution < 1.29 is 20.6 Å². The highest BCUT2D eigenvalue weighted by atomic mass is 79.9. The summed E-state index contributed by atoms with van der Waals surface area (Å²) < 4.78 is 1.59. The van der Waals surface area contributed by atoms with E-state index in [2.05, 4.69) is 74.1 Å². The predicted octanol–water partition coefficient (Wildman–Crippen LogP) is 4.21. The first-order valence-corrected chi connectivity index (χ1v) is 9.44. The molecule has 0 aliphatic carbocycles. The van der Waals surface area contributed by atoms with E-state index in [1.54, 1.807) is 0 Å². The lowest BCUT2D eigenvalue weighted by Gasteiger charge is -2.24. The number of quaternary nitrogens is 1. The van der Waals surface area contributed by atoms with Crippen LogP contribution in [0.1, 0.15) is 11.1 Å². The van der Waals surface area contributed by atoms with Gasteiger partial charge in [0.25, 0.3) is 0 Å². The minimum Gasteiger partial charge on any atom is -0.395 e. The molecular formula is C16H26Br3N2O4+. The van der Waals surface area contributed by atoms with E-state index < -0.39 is 4.81 Å². The summed E-state index contributed by atoms with van der Waals surface area (Å²) in [6.45, 7) is 12.7. The molecule has 0 saturated heterocycles. The highest BCUT2D eigenvalue weighted by Crippen LogP contribution is 2.45. The van der Waals surface area contributed by atoms with Crippen LogP contribution in [0.4, 0.5) is 5.69 Å². The molecule has 0 aliphatic rings. The molecule has 0 atom stereocenters. The molecule has 1 aromatic carbocycles. The van der Waals surface area contributed by atoms with Gasteiger partial charge >= 0.3 is 0 Å². The molecule has 0 radical (unpaired) electrons. The van der Waals surface area contributed by atoms with Gasteiger partial charge in [0.2, 0.25) is 5.69 Å². The van der Waals surface area contributed by atoms with Crippen molar-refractivity contribution in [2.75, 3.05) is 27.2 Å². The van der Waals surface area contributed by atoms with E-state index in [0.717, 1.165) is 5.56 Å². The van der Waals surface area contributed by atoms with Gasteiger partial charge in [0.1, 0.15) is 7.05 Å². The van der Waals surface area contributed by atoms with E-state index in [9.17, 15) is 15.5 Å². The van der Waals surface area contributed by atoms with Gasteiger partial charge in [-0.3, -0.25) is 4.90 Å².